The Kier molecular flexibility index (Phi) is 5.31. The molecule has 1 saturated heterocycles. The van der Waals surface area contributed by atoms with E-state index in [-0.39, 0.29) is 16.8 Å². The fraction of sp³-hybridized carbons (Fsp3) is 0.667. The maximum absolute atomic E-state index is 13.5. The van der Waals surface area contributed by atoms with Crippen molar-refractivity contribution in [2.45, 2.75) is 44.6 Å². The number of nitrogens with zero attached hydrogens (tertiary/aromatic N) is 1. The molecule has 2 fully saturated rings. The van der Waals surface area contributed by atoms with Crippen molar-refractivity contribution in [3.8, 4) is 0 Å². The fourth-order valence-corrected chi connectivity index (χ4v) is 4.94. The Morgan fingerprint density at radius 3 is 2.68 bits per heavy atom. The standard InChI is InChI=1S/C21H31FN2O/c1-20(15-23)11-9-19-16(13-20)14-25-21(19,10-4-12-24(2)3)17-5-7-18(22)8-6-17/h5-8,15-16,19,23H,4,9-14H2,1-3H3. The molecule has 1 heterocycles. The molecule has 0 spiro atoms. The van der Waals surface area contributed by atoms with Crippen LogP contribution in [0.25, 0.3) is 0 Å². The van der Waals surface area contributed by atoms with Gasteiger partial charge < -0.3 is 15.0 Å². The van der Waals surface area contributed by atoms with Crippen molar-refractivity contribution in [2.75, 3.05) is 27.2 Å². The molecule has 1 aliphatic heterocycles. The maximum atomic E-state index is 13.5. The lowest BCUT2D eigenvalue weighted by Gasteiger charge is -2.43. The number of halogens is 1. The van der Waals surface area contributed by atoms with E-state index in [4.69, 9.17) is 10.1 Å². The van der Waals surface area contributed by atoms with Crippen LogP contribution in [-0.4, -0.2) is 38.4 Å². The minimum absolute atomic E-state index is 0.00698. The van der Waals surface area contributed by atoms with Gasteiger partial charge in [-0.05, 0) is 82.3 Å². The highest BCUT2D eigenvalue weighted by molar-refractivity contribution is 5.62. The van der Waals surface area contributed by atoms with Crippen LogP contribution in [0.1, 0.15) is 44.6 Å². The molecule has 1 saturated carbocycles. The molecule has 3 rings (SSSR count). The molecule has 0 radical (unpaired) electrons. The summed E-state index contributed by atoms with van der Waals surface area (Å²) in [6, 6.07) is 6.95. The number of hydrogen-bond donors (Lipinski definition) is 1. The molecule has 1 aromatic rings. The van der Waals surface area contributed by atoms with Gasteiger partial charge in [-0.3, -0.25) is 0 Å². The van der Waals surface area contributed by atoms with Crippen molar-refractivity contribution in [3.63, 3.8) is 0 Å². The molecule has 4 heteroatoms. The van der Waals surface area contributed by atoms with Gasteiger partial charge in [-0.15, -0.1) is 0 Å². The lowest BCUT2D eigenvalue weighted by molar-refractivity contribution is -0.0413. The Bertz CT molecular complexity index is 602. The molecule has 4 atom stereocenters. The Labute approximate surface area is 151 Å². The highest BCUT2D eigenvalue weighted by Gasteiger charge is 2.53. The number of fused-ring (bicyclic) bond motifs is 1. The van der Waals surface area contributed by atoms with Crippen molar-refractivity contribution >= 4 is 6.21 Å². The minimum Gasteiger partial charge on any atom is -0.370 e. The Balaban J connectivity index is 1.87. The van der Waals surface area contributed by atoms with Crippen molar-refractivity contribution in [1.82, 2.24) is 4.90 Å². The first-order chi connectivity index (χ1) is 11.9. The van der Waals surface area contributed by atoms with Gasteiger partial charge in [0.2, 0.25) is 0 Å². The van der Waals surface area contributed by atoms with Crippen LogP contribution in [0.5, 0.6) is 0 Å². The zero-order valence-electron chi connectivity index (χ0n) is 15.7. The summed E-state index contributed by atoms with van der Waals surface area (Å²) < 4.78 is 20.0. The van der Waals surface area contributed by atoms with Gasteiger partial charge in [0.25, 0.3) is 0 Å². The zero-order chi connectivity index (χ0) is 18.1. The normalized spacial score (nSPS) is 34.9. The largest absolute Gasteiger partial charge is 0.370 e. The Morgan fingerprint density at radius 1 is 1.32 bits per heavy atom. The minimum atomic E-state index is -0.294. The monoisotopic (exact) mass is 346 g/mol. The average molecular weight is 346 g/mol. The van der Waals surface area contributed by atoms with Gasteiger partial charge in [0.15, 0.2) is 0 Å². The number of benzene rings is 1. The van der Waals surface area contributed by atoms with E-state index >= 15 is 0 Å². The van der Waals surface area contributed by atoms with Crippen molar-refractivity contribution in [2.24, 2.45) is 17.3 Å². The smallest absolute Gasteiger partial charge is 0.123 e. The van der Waals surface area contributed by atoms with E-state index in [9.17, 15) is 4.39 Å². The third kappa shape index (κ3) is 3.65. The summed E-state index contributed by atoms with van der Waals surface area (Å²) >= 11 is 0. The third-order valence-electron chi connectivity index (χ3n) is 6.31. The zero-order valence-corrected chi connectivity index (χ0v) is 15.7. The van der Waals surface area contributed by atoms with Crippen LogP contribution in [0.3, 0.4) is 0 Å². The van der Waals surface area contributed by atoms with E-state index in [1.807, 2.05) is 12.1 Å². The topological polar surface area (TPSA) is 36.3 Å². The van der Waals surface area contributed by atoms with E-state index < -0.39 is 0 Å². The highest BCUT2D eigenvalue weighted by atomic mass is 19.1. The maximum Gasteiger partial charge on any atom is 0.123 e. The molecule has 1 aliphatic carbocycles. The Morgan fingerprint density at radius 2 is 2.04 bits per heavy atom. The van der Waals surface area contributed by atoms with E-state index in [1.165, 1.54) is 0 Å². The number of nitrogens with one attached hydrogen (secondary N) is 1. The highest BCUT2D eigenvalue weighted by Crippen LogP contribution is 2.56. The second-order valence-corrected chi connectivity index (χ2v) is 8.52. The summed E-state index contributed by atoms with van der Waals surface area (Å²) in [5, 5.41) is 7.78. The molecule has 3 nitrogen and oxygen atoms in total. The van der Waals surface area contributed by atoms with Crippen molar-refractivity contribution in [3.05, 3.63) is 35.6 Å². The second kappa shape index (κ2) is 7.16. The van der Waals surface area contributed by atoms with Crippen LogP contribution in [0.4, 0.5) is 4.39 Å². The Hall–Kier alpha value is -1.26. The molecule has 1 aromatic carbocycles. The van der Waals surface area contributed by atoms with Gasteiger partial charge in [0.05, 0.1) is 12.2 Å². The van der Waals surface area contributed by atoms with Crippen molar-refractivity contribution in [1.29, 1.82) is 5.41 Å². The lowest BCUT2D eigenvalue weighted by atomic mass is 9.61. The number of hydrogen-bond acceptors (Lipinski definition) is 3. The van der Waals surface area contributed by atoms with E-state index in [2.05, 4.69) is 25.9 Å². The van der Waals surface area contributed by atoms with Crippen LogP contribution >= 0.6 is 0 Å². The van der Waals surface area contributed by atoms with Gasteiger partial charge >= 0.3 is 0 Å². The van der Waals surface area contributed by atoms with Crippen LogP contribution in [0, 0.1) is 28.5 Å². The third-order valence-corrected chi connectivity index (χ3v) is 6.31. The first-order valence-electron chi connectivity index (χ1n) is 9.45. The summed E-state index contributed by atoms with van der Waals surface area (Å²) in [6.07, 6.45) is 6.81. The van der Waals surface area contributed by atoms with Gasteiger partial charge in [-0.2, -0.15) is 0 Å². The quantitative estimate of drug-likeness (QED) is 0.772. The first kappa shape index (κ1) is 18.5. The molecule has 2 aliphatic rings. The van der Waals surface area contributed by atoms with E-state index in [0.717, 1.165) is 50.8 Å². The van der Waals surface area contributed by atoms with Crippen LogP contribution < -0.4 is 0 Å². The van der Waals surface area contributed by atoms with Crippen molar-refractivity contribution < 1.29 is 9.13 Å². The predicted octanol–water partition coefficient (Wildman–Crippen LogP) is 4.47. The molecular weight excluding hydrogens is 315 g/mol. The summed E-state index contributed by atoms with van der Waals surface area (Å²) in [4.78, 5) is 2.21. The molecule has 0 bridgehead atoms. The average Bonchev–Trinajstić information content (AvgIpc) is 2.94. The summed E-state index contributed by atoms with van der Waals surface area (Å²) in [6.45, 7) is 3.98. The van der Waals surface area contributed by atoms with Crippen LogP contribution in [-0.2, 0) is 10.3 Å². The summed E-state index contributed by atoms with van der Waals surface area (Å²) in [5.41, 5.74) is 0.837. The van der Waals surface area contributed by atoms with Gasteiger partial charge in [-0.25, -0.2) is 4.39 Å². The lowest BCUT2D eigenvalue weighted by Crippen LogP contribution is -2.40. The molecule has 4 unspecified atom stereocenters. The van der Waals surface area contributed by atoms with Crippen LogP contribution in [0.15, 0.2) is 24.3 Å². The fourth-order valence-electron chi connectivity index (χ4n) is 4.94. The number of ether oxygens (including phenoxy) is 1. The van der Waals surface area contributed by atoms with Gasteiger partial charge in [0.1, 0.15) is 5.82 Å². The first-order valence-corrected chi connectivity index (χ1v) is 9.45. The van der Waals surface area contributed by atoms with E-state index in [0.29, 0.717) is 11.8 Å². The van der Waals surface area contributed by atoms with Gasteiger partial charge in [-0.1, -0.05) is 19.1 Å². The molecule has 1 N–H and O–H groups in total. The molecule has 0 amide bonds. The predicted molar refractivity (Wildman–Crippen MR) is 99.5 cm³/mol. The second-order valence-electron chi connectivity index (χ2n) is 8.52. The molecule has 25 heavy (non-hydrogen) atoms. The molecule has 138 valence electrons. The van der Waals surface area contributed by atoms with Crippen LogP contribution in [0.2, 0.25) is 0 Å². The number of rotatable bonds is 6. The molecular formula is C21H31FN2O. The molecule has 0 aromatic heterocycles. The van der Waals surface area contributed by atoms with E-state index in [1.54, 1.807) is 18.3 Å². The summed E-state index contributed by atoms with van der Waals surface area (Å²) in [5.74, 6) is 0.764. The summed E-state index contributed by atoms with van der Waals surface area (Å²) in [7, 11) is 4.19. The van der Waals surface area contributed by atoms with Gasteiger partial charge in [0, 0.05) is 11.6 Å². The SMILES string of the molecule is CN(C)CCCC1(c2ccc(F)cc2)OCC2CC(C)(C=N)CCC21.